The van der Waals surface area contributed by atoms with E-state index in [2.05, 4.69) is 4.74 Å². The number of esters is 1. The van der Waals surface area contributed by atoms with Crippen LogP contribution in [0.3, 0.4) is 0 Å². The summed E-state index contributed by atoms with van der Waals surface area (Å²) in [5, 5.41) is 10.5. The number of ether oxygens (including phenoxy) is 1. The summed E-state index contributed by atoms with van der Waals surface area (Å²) in [6.45, 7) is 3.51. The molecule has 0 atom stereocenters. The highest BCUT2D eigenvalue weighted by molar-refractivity contribution is 5.87. The van der Waals surface area contributed by atoms with Crippen molar-refractivity contribution in [3.05, 3.63) is 45.3 Å². The quantitative estimate of drug-likeness (QED) is 0.358. The molecule has 0 unspecified atom stereocenters. The van der Waals surface area contributed by atoms with Gasteiger partial charge in [-0.05, 0) is 37.1 Å². The molecule has 0 fully saturated rings. The predicted octanol–water partition coefficient (Wildman–Crippen LogP) is 2.62. The minimum absolute atomic E-state index is 0.247. The van der Waals surface area contributed by atoms with Crippen molar-refractivity contribution >= 4 is 17.7 Å². The zero-order valence-electron chi connectivity index (χ0n) is 9.97. The summed E-state index contributed by atoms with van der Waals surface area (Å²) < 4.78 is 18.0. The number of hydrogen-bond donors (Lipinski definition) is 0. The lowest BCUT2D eigenvalue weighted by atomic mass is 10.1. The summed E-state index contributed by atoms with van der Waals surface area (Å²) in [5.41, 5.74) is 0.315. The lowest BCUT2D eigenvalue weighted by molar-refractivity contribution is -0.387. The fourth-order valence-electron chi connectivity index (χ4n) is 1.35. The van der Waals surface area contributed by atoms with E-state index >= 15 is 0 Å². The van der Waals surface area contributed by atoms with Crippen molar-refractivity contribution < 1.29 is 18.8 Å². The summed E-state index contributed by atoms with van der Waals surface area (Å²) in [5.74, 6) is -1.48. The molecule has 18 heavy (non-hydrogen) atoms. The molecular weight excluding hydrogens is 241 g/mol. The van der Waals surface area contributed by atoms with Crippen LogP contribution < -0.4 is 0 Å². The lowest BCUT2D eigenvalue weighted by Gasteiger charge is -2.01. The number of nitro groups is 1. The highest BCUT2D eigenvalue weighted by Gasteiger charge is 2.15. The highest BCUT2D eigenvalue weighted by Crippen LogP contribution is 2.22. The predicted molar refractivity (Wildman–Crippen MR) is 63.5 cm³/mol. The molecule has 0 aliphatic carbocycles. The number of benzene rings is 1. The number of nitro benzene ring substituents is 1. The van der Waals surface area contributed by atoms with Crippen molar-refractivity contribution in [2.75, 3.05) is 6.61 Å². The number of rotatable bonds is 4. The van der Waals surface area contributed by atoms with Crippen LogP contribution in [0.1, 0.15) is 18.1 Å². The van der Waals surface area contributed by atoms with Gasteiger partial charge in [0.25, 0.3) is 0 Å². The molecule has 1 aromatic carbocycles. The summed E-state index contributed by atoms with van der Waals surface area (Å²) >= 11 is 0. The van der Waals surface area contributed by atoms with E-state index in [1.165, 1.54) is 6.08 Å². The Morgan fingerprint density at radius 1 is 1.56 bits per heavy atom. The van der Waals surface area contributed by atoms with Crippen molar-refractivity contribution in [1.82, 2.24) is 0 Å². The third-order valence-electron chi connectivity index (χ3n) is 2.22. The van der Waals surface area contributed by atoms with Gasteiger partial charge in [-0.3, -0.25) is 10.1 Å². The molecule has 1 aromatic rings. The Hall–Kier alpha value is -2.24. The summed E-state index contributed by atoms with van der Waals surface area (Å²) in [6.07, 6.45) is 2.51. The average molecular weight is 253 g/mol. The van der Waals surface area contributed by atoms with Gasteiger partial charge in [-0.25, -0.2) is 4.79 Å². The smallest absolute Gasteiger partial charge is 0.330 e. The molecule has 0 saturated carbocycles. The highest BCUT2D eigenvalue weighted by atomic mass is 19.1. The molecule has 0 N–H and O–H groups in total. The van der Waals surface area contributed by atoms with Gasteiger partial charge in [0, 0.05) is 12.1 Å². The van der Waals surface area contributed by atoms with E-state index in [4.69, 9.17) is 0 Å². The van der Waals surface area contributed by atoms with E-state index in [-0.39, 0.29) is 6.61 Å². The number of carbonyl (C=O) groups excluding carboxylic acids is 1. The Morgan fingerprint density at radius 3 is 2.78 bits per heavy atom. The number of carbonyl (C=O) groups is 1. The first-order valence-corrected chi connectivity index (χ1v) is 5.25. The molecule has 96 valence electrons. The van der Waals surface area contributed by atoms with Gasteiger partial charge in [0.15, 0.2) is 0 Å². The van der Waals surface area contributed by atoms with Crippen LogP contribution in [0.2, 0.25) is 0 Å². The van der Waals surface area contributed by atoms with Gasteiger partial charge in [0.1, 0.15) is 0 Å². The second kappa shape index (κ2) is 5.90. The van der Waals surface area contributed by atoms with E-state index in [9.17, 15) is 19.3 Å². The van der Waals surface area contributed by atoms with Crippen LogP contribution in [0.5, 0.6) is 0 Å². The monoisotopic (exact) mass is 253 g/mol. The summed E-state index contributed by atoms with van der Waals surface area (Å²) in [6, 6.07) is 2.14. The maximum absolute atomic E-state index is 13.4. The Balaban J connectivity index is 3.02. The number of hydrogen-bond acceptors (Lipinski definition) is 4. The van der Waals surface area contributed by atoms with E-state index in [1.54, 1.807) is 13.8 Å². The van der Waals surface area contributed by atoms with Crippen LogP contribution in [0.25, 0.3) is 6.08 Å². The number of halogens is 1. The zero-order valence-corrected chi connectivity index (χ0v) is 9.97. The molecule has 0 aliphatic rings. The Kier molecular flexibility index (Phi) is 4.53. The van der Waals surface area contributed by atoms with Crippen molar-refractivity contribution in [3.63, 3.8) is 0 Å². The fourth-order valence-corrected chi connectivity index (χ4v) is 1.35. The topological polar surface area (TPSA) is 69.4 Å². The molecule has 0 spiro atoms. The maximum Gasteiger partial charge on any atom is 0.330 e. The molecule has 0 bridgehead atoms. The van der Waals surface area contributed by atoms with Gasteiger partial charge < -0.3 is 4.74 Å². The second-order valence-electron chi connectivity index (χ2n) is 3.50. The molecule has 0 amide bonds. The standard InChI is InChI=1S/C12H12FNO4/c1-3-18-12(15)5-4-9-7-10(13)11(14(16)17)6-8(9)2/h4-7H,3H2,1-2H3. The number of aryl methyl sites for hydroxylation is 1. The van der Waals surface area contributed by atoms with Crippen LogP contribution >= 0.6 is 0 Å². The molecule has 6 heteroatoms. The van der Waals surface area contributed by atoms with E-state index in [1.807, 2.05) is 0 Å². The van der Waals surface area contributed by atoms with Gasteiger partial charge in [0.2, 0.25) is 5.82 Å². The molecule has 0 heterocycles. The van der Waals surface area contributed by atoms with Crippen LogP contribution in [0.15, 0.2) is 18.2 Å². The third-order valence-corrected chi connectivity index (χ3v) is 2.22. The van der Waals surface area contributed by atoms with E-state index in [0.717, 1.165) is 18.2 Å². The minimum Gasteiger partial charge on any atom is -0.463 e. The Morgan fingerprint density at radius 2 is 2.22 bits per heavy atom. The van der Waals surface area contributed by atoms with E-state index in [0.29, 0.717) is 11.1 Å². The minimum atomic E-state index is -0.936. The summed E-state index contributed by atoms with van der Waals surface area (Å²) in [7, 11) is 0. The summed E-state index contributed by atoms with van der Waals surface area (Å²) in [4.78, 5) is 20.8. The van der Waals surface area contributed by atoms with Crippen molar-refractivity contribution in [1.29, 1.82) is 0 Å². The molecule has 5 nitrogen and oxygen atoms in total. The normalized spacial score (nSPS) is 10.6. The maximum atomic E-state index is 13.4. The Labute approximate surface area is 103 Å². The molecule has 0 aromatic heterocycles. The van der Waals surface area contributed by atoms with Gasteiger partial charge in [-0.15, -0.1) is 0 Å². The van der Waals surface area contributed by atoms with Gasteiger partial charge in [-0.1, -0.05) is 0 Å². The zero-order chi connectivity index (χ0) is 13.7. The largest absolute Gasteiger partial charge is 0.463 e. The lowest BCUT2D eigenvalue weighted by Crippen LogP contribution is -1.99. The van der Waals surface area contributed by atoms with Crippen LogP contribution in [0.4, 0.5) is 10.1 Å². The number of nitrogens with zero attached hydrogens (tertiary/aromatic N) is 1. The second-order valence-corrected chi connectivity index (χ2v) is 3.50. The molecule has 0 radical (unpaired) electrons. The van der Waals surface area contributed by atoms with E-state index < -0.39 is 22.4 Å². The van der Waals surface area contributed by atoms with Crippen molar-refractivity contribution in [2.24, 2.45) is 0 Å². The molecular formula is C12H12FNO4. The Bertz CT molecular complexity index is 511. The van der Waals surface area contributed by atoms with Gasteiger partial charge >= 0.3 is 11.7 Å². The van der Waals surface area contributed by atoms with Crippen LogP contribution in [-0.2, 0) is 9.53 Å². The van der Waals surface area contributed by atoms with Gasteiger partial charge in [0.05, 0.1) is 11.5 Å². The first-order valence-electron chi connectivity index (χ1n) is 5.25. The molecule has 0 saturated heterocycles. The van der Waals surface area contributed by atoms with Crippen LogP contribution in [-0.4, -0.2) is 17.5 Å². The van der Waals surface area contributed by atoms with Crippen molar-refractivity contribution in [2.45, 2.75) is 13.8 Å². The fraction of sp³-hybridized carbons (Fsp3) is 0.250. The van der Waals surface area contributed by atoms with Crippen molar-refractivity contribution in [3.8, 4) is 0 Å². The third kappa shape index (κ3) is 3.38. The SMILES string of the molecule is CCOC(=O)C=Cc1cc(F)c([N+](=O)[O-])cc1C. The first-order chi connectivity index (χ1) is 8.45. The van der Waals surface area contributed by atoms with Crippen LogP contribution in [0, 0.1) is 22.9 Å². The van der Waals surface area contributed by atoms with Gasteiger partial charge in [-0.2, -0.15) is 4.39 Å². The molecule has 0 aliphatic heterocycles. The first kappa shape index (κ1) is 13.8. The molecule has 1 rings (SSSR count). The average Bonchev–Trinajstić information content (AvgIpc) is 2.29.